The van der Waals surface area contributed by atoms with Crippen LogP contribution in [0.5, 0.6) is 23.0 Å². The Morgan fingerprint density at radius 1 is 0.941 bits per heavy atom. The third-order valence-corrected chi connectivity index (χ3v) is 6.09. The van der Waals surface area contributed by atoms with Crippen molar-refractivity contribution in [1.29, 1.82) is 0 Å². The van der Waals surface area contributed by atoms with Crippen LogP contribution in [0.1, 0.15) is 49.4 Å². The number of carboxylic acid groups (broad SMARTS) is 1. The summed E-state index contributed by atoms with van der Waals surface area (Å²) in [6.45, 7) is 0. The van der Waals surface area contributed by atoms with Crippen LogP contribution in [0.4, 0.5) is 0 Å². The highest BCUT2D eigenvalue weighted by Crippen LogP contribution is 2.57. The fourth-order valence-electron chi connectivity index (χ4n) is 4.64. The predicted octanol–water partition coefficient (Wildman–Crippen LogP) is 3.47. The first kappa shape index (κ1) is 21.3. The number of benzene rings is 3. The van der Waals surface area contributed by atoms with Gasteiger partial charge in [0.1, 0.15) is 23.0 Å². The van der Waals surface area contributed by atoms with E-state index >= 15 is 0 Å². The van der Waals surface area contributed by atoms with Gasteiger partial charge in [0.05, 0.1) is 18.2 Å². The van der Waals surface area contributed by atoms with Crippen molar-refractivity contribution in [3.63, 3.8) is 0 Å². The number of aromatic carboxylic acids is 1. The fourth-order valence-corrected chi connectivity index (χ4v) is 4.64. The molecule has 1 spiro atoms. The summed E-state index contributed by atoms with van der Waals surface area (Å²) < 4.78 is 16.6. The second-order valence-corrected chi connectivity index (χ2v) is 7.93. The number of esters is 2. The first-order valence-electron chi connectivity index (χ1n) is 10.3. The molecule has 2 aliphatic rings. The molecule has 3 aromatic carbocycles. The van der Waals surface area contributed by atoms with Crippen molar-refractivity contribution in [1.82, 2.24) is 0 Å². The van der Waals surface area contributed by atoms with Crippen molar-refractivity contribution in [2.45, 2.75) is 18.4 Å². The van der Waals surface area contributed by atoms with Crippen molar-refractivity contribution >= 4 is 17.9 Å². The van der Waals surface area contributed by atoms with Gasteiger partial charge >= 0.3 is 17.9 Å². The molecule has 2 heterocycles. The Balaban J connectivity index is 1.81. The second-order valence-electron chi connectivity index (χ2n) is 7.93. The van der Waals surface area contributed by atoms with Crippen LogP contribution < -0.4 is 4.74 Å². The molecule has 0 saturated carbocycles. The number of carboxylic acids is 1. The number of hydrogen-bond acceptors (Lipinski definition) is 8. The summed E-state index contributed by atoms with van der Waals surface area (Å²) in [5.41, 5.74) is -0.248. The van der Waals surface area contributed by atoms with Gasteiger partial charge in [0, 0.05) is 35.2 Å². The number of ether oxygens (including phenoxy) is 3. The zero-order valence-electron chi connectivity index (χ0n) is 17.8. The lowest BCUT2D eigenvalue weighted by Gasteiger charge is -2.36. The van der Waals surface area contributed by atoms with E-state index < -0.39 is 23.5 Å². The second kappa shape index (κ2) is 7.51. The molecule has 9 heteroatoms. The van der Waals surface area contributed by atoms with Gasteiger partial charge in [0.2, 0.25) is 0 Å². The summed E-state index contributed by atoms with van der Waals surface area (Å²) in [6, 6.07) is 11.6. The Labute approximate surface area is 192 Å². The maximum atomic E-state index is 13.3. The minimum absolute atomic E-state index is 0.0451. The number of fused-ring (bicyclic) bond motifs is 6. The third-order valence-electron chi connectivity index (χ3n) is 6.09. The molecule has 0 amide bonds. The van der Waals surface area contributed by atoms with E-state index in [1.165, 1.54) is 43.5 Å². The predicted molar refractivity (Wildman–Crippen MR) is 115 cm³/mol. The van der Waals surface area contributed by atoms with Gasteiger partial charge in [0.25, 0.3) is 0 Å². The Kier molecular flexibility index (Phi) is 4.71. The third kappa shape index (κ3) is 2.97. The SMILES string of the molecule is COC(=O)CCc1c(C(=O)O)ccc2c1C(=O)OC21c2ccc(O)cc2Oc2cc(O)ccc21. The molecule has 3 N–H and O–H groups in total. The quantitative estimate of drug-likeness (QED) is 0.497. The molecule has 0 radical (unpaired) electrons. The van der Waals surface area contributed by atoms with E-state index in [9.17, 15) is 29.7 Å². The topological polar surface area (TPSA) is 140 Å². The Morgan fingerprint density at radius 2 is 1.53 bits per heavy atom. The van der Waals surface area contributed by atoms with Crippen LogP contribution in [-0.4, -0.2) is 40.3 Å². The molecule has 2 aliphatic heterocycles. The average molecular weight is 462 g/mol. The fraction of sp³-hybridized carbons (Fsp3) is 0.160. The van der Waals surface area contributed by atoms with E-state index in [0.717, 1.165) is 0 Å². The zero-order chi connectivity index (χ0) is 24.2. The Morgan fingerprint density at radius 3 is 2.09 bits per heavy atom. The van der Waals surface area contributed by atoms with Gasteiger partial charge in [0.15, 0.2) is 5.60 Å². The number of rotatable bonds is 4. The maximum Gasteiger partial charge on any atom is 0.340 e. The molecule has 0 saturated heterocycles. The number of hydrogen-bond donors (Lipinski definition) is 3. The molecule has 172 valence electrons. The Bertz CT molecular complexity index is 1340. The number of aromatic hydroxyl groups is 2. The van der Waals surface area contributed by atoms with Gasteiger partial charge in [-0.25, -0.2) is 9.59 Å². The molecule has 9 nitrogen and oxygen atoms in total. The summed E-state index contributed by atoms with van der Waals surface area (Å²) in [6.07, 6.45) is -0.185. The largest absolute Gasteiger partial charge is 0.508 e. The van der Waals surface area contributed by atoms with Crippen LogP contribution in [0.15, 0.2) is 48.5 Å². The molecule has 34 heavy (non-hydrogen) atoms. The molecular weight excluding hydrogens is 444 g/mol. The lowest BCUT2D eigenvalue weighted by atomic mass is 9.76. The highest BCUT2D eigenvalue weighted by atomic mass is 16.6. The van der Waals surface area contributed by atoms with Crippen molar-refractivity contribution in [3.05, 3.63) is 81.9 Å². The van der Waals surface area contributed by atoms with Crippen LogP contribution in [0.2, 0.25) is 0 Å². The van der Waals surface area contributed by atoms with E-state index in [-0.39, 0.29) is 52.5 Å². The Hall–Kier alpha value is -4.53. The van der Waals surface area contributed by atoms with Gasteiger partial charge in [-0.15, -0.1) is 0 Å². The lowest BCUT2D eigenvalue weighted by Crippen LogP contribution is -2.33. The lowest BCUT2D eigenvalue weighted by molar-refractivity contribution is -0.140. The monoisotopic (exact) mass is 462 g/mol. The number of carbonyl (C=O) groups excluding carboxylic acids is 2. The van der Waals surface area contributed by atoms with Crippen molar-refractivity contribution in [2.24, 2.45) is 0 Å². The zero-order valence-corrected chi connectivity index (χ0v) is 17.8. The van der Waals surface area contributed by atoms with Crippen LogP contribution in [0.25, 0.3) is 0 Å². The van der Waals surface area contributed by atoms with Crippen LogP contribution in [0.3, 0.4) is 0 Å². The molecule has 0 aliphatic carbocycles. The standard InChI is InChI=1S/C25H18O9/c1-32-21(28)9-5-14-15(23(29)30)4-8-18-22(14)24(31)34-25(18)16-6-2-12(26)10-19(16)33-20-11-13(27)3-7-17(20)25/h2-4,6-8,10-11,26-27H,5,9H2,1H3,(H,29,30). The van der Waals surface area contributed by atoms with E-state index in [1.807, 2.05) is 0 Å². The van der Waals surface area contributed by atoms with Gasteiger partial charge < -0.3 is 29.5 Å². The number of phenolic OH excluding ortho intramolecular Hbond substituents is 2. The summed E-state index contributed by atoms with van der Waals surface area (Å²) >= 11 is 0. The van der Waals surface area contributed by atoms with Gasteiger partial charge in [-0.3, -0.25) is 4.79 Å². The number of phenols is 2. The van der Waals surface area contributed by atoms with E-state index in [1.54, 1.807) is 12.1 Å². The first-order valence-corrected chi connectivity index (χ1v) is 10.3. The average Bonchev–Trinajstić information content (AvgIpc) is 3.09. The minimum Gasteiger partial charge on any atom is -0.508 e. The van der Waals surface area contributed by atoms with Gasteiger partial charge in [-0.05, 0) is 42.3 Å². The van der Waals surface area contributed by atoms with Gasteiger partial charge in [-0.1, -0.05) is 6.07 Å². The minimum atomic E-state index is -1.52. The molecule has 0 atom stereocenters. The normalized spacial score (nSPS) is 14.4. The molecule has 5 rings (SSSR count). The van der Waals surface area contributed by atoms with Crippen molar-refractivity contribution < 1.29 is 43.9 Å². The smallest absolute Gasteiger partial charge is 0.340 e. The van der Waals surface area contributed by atoms with Crippen molar-refractivity contribution in [2.75, 3.05) is 7.11 Å². The summed E-state index contributed by atoms with van der Waals surface area (Å²) in [7, 11) is 1.22. The number of methoxy groups -OCH3 is 1. The maximum absolute atomic E-state index is 13.3. The van der Waals surface area contributed by atoms with E-state index in [0.29, 0.717) is 16.7 Å². The highest BCUT2D eigenvalue weighted by Gasteiger charge is 2.54. The summed E-state index contributed by atoms with van der Waals surface area (Å²) in [5.74, 6) is -2.32. The van der Waals surface area contributed by atoms with Gasteiger partial charge in [-0.2, -0.15) is 0 Å². The van der Waals surface area contributed by atoms with Crippen LogP contribution in [-0.2, 0) is 26.3 Å². The molecule has 0 unspecified atom stereocenters. The molecule has 0 fully saturated rings. The van der Waals surface area contributed by atoms with E-state index in [4.69, 9.17) is 9.47 Å². The van der Waals surface area contributed by atoms with Crippen LogP contribution >= 0.6 is 0 Å². The highest BCUT2D eigenvalue weighted by molar-refractivity contribution is 6.02. The molecule has 3 aromatic rings. The molecule has 0 bridgehead atoms. The summed E-state index contributed by atoms with van der Waals surface area (Å²) in [4.78, 5) is 37.1. The van der Waals surface area contributed by atoms with Crippen LogP contribution in [0, 0.1) is 0 Å². The summed E-state index contributed by atoms with van der Waals surface area (Å²) in [5, 5.41) is 29.8. The van der Waals surface area contributed by atoms with Crippen molar-refractivity contribution in [3.8, 4) is 23.0 Å². The first-order chi connectivity index (χ1) is 16.3. The number of carbonyl (C=O) groups is 3. The molecule has 0 aromatic heterocycles. The van der Waals surface area contributed by atoms with E-state index in [2.05, 4.69) is 4.74 Å². The molecular formula is C25H18O9.